The van der Waals surface area contributed by atoms with Crippen molar-refractivity contribution in [2.24, 2.45) is 0 Å². The summed E-state index contributed by atoms with van der Waals surface area (Å²) in [5, 5.41) is 3.18. The molecule has 0 fully saturated rings. The van der Waals surface area contributed by atoms with Crippen LogP contribution in [0.2, 0.25) is 5.02 Å². The molecule has 0 aliphatic carbocycles. The first-order chi connectivity index (χ1) is 13.6. The number of rotatable bonds is 10. The highest BCUT2D eigenvalue weighted by atomic mass is 35.5. The zero-order valence-electron chi connectivity index (χ0n) is 16.2. The molecule has 0 aromatic heterocycles. The van der Waals surface area contributed by atoms with Crippen LogP contribution in [0.25, 0.3) is 6.08 Å². The first-order valence-corrected chi connectivity index (χ1v) is 9.18. The summed E-state index contributed by atoms with van der Waals surface area (Å²) in [6.45, 7) is 3.08. The van der Waals surface area contributed by atoms with Gasteiger partial charge in [-0.1, -0.05) is 11.6 Å². The number of benzene rings is 2. The van der Waals surface area contributed by atoms with E-state index >= 15 is 0 Å². The molecule has 2 rings (SSSR count). The van der Waals surface area contributed by atoms with Crippen LogP contribution in [0.4, 0.5) is 0 Å². The Bertz CT molecular complexity index is 805. The number of hydrogen-bond acceptors (Lipinski definition) is 5. The molecule has 28 heavy (non-hydrogen) atoms. The lowest BCUT2D eigenvalue weighted by Crippen LogP contribution is -2.26. The van der Waals surface area contributed by atoms with Crippen LogP contribution in [-0.2, 0) is 4.79 Å². The molecule has 0 aliphatic rings. The molecule has 6 nitrogen and oxygen atoms in total. The van der Waals surface area contributed by atoms with Crippen LogP contribution < -0.4 is 24.3 Å². The Kier molecular flexibility index (Phi) is 8.49. The van der Waals surface area contributed by atoms with E-state index in [4.69, 9.17) is 30.5 Å². The lowest BCUT2D eigenvalue weighted by molar-refractivity contribution is -0.116. The number of hydrogen-bond donors (Lipinski definition) is 1. The summed E-state index contributed by atoms with van der Waals surface area (Å²) >= 11 is 6.22. The largest absolute Gasteiger partial charge is 0.497 e. The lowest BCUT2D eigenvalue weighted by Gasteiger charge is -2.11. The minimum Gasteiger partial charge on any atom is -0.497 e. The molecule has 0 atom stereocenters. The third-order valence-corrected chi connectivity index (χ3v) is 3.98. The fraction of sp³-hybridized carbons (Fsp3) is 0.286. The molecule has 0 saturated heterocycles. The van der Waals surface area contributed by atoms with Crippen molar-refractivity contribution in [1.82, 2.24) is 5.32 Å². The first kappa shape index (κ1) is 21.4. The Morgan fingerprint density at radius 2 is 1.79 bits per heavy atom. The Hall–Kier alpha value is -2.86. The molecule has 2 aromatic carbocycles. The molecule has 7 heteroatoms. The minimum atomic E-state index is -0.234. The van der Waals surface area contributed by atoms with Crippen molar-refractivity contribution in [3.63, 3.8) is 0 Å². The van der Waals surface area contributed by atoms with Crippen molar-refractivity contribution >= 4 is 23.6 Å². The van der Waals surface area contributed by atoms with E-state index < -0.39 is 0 Å². The number of carbonyl (C=O) groups excluding carboxylic acids is 1. The molecule has 0 radical (unpaired) electrons. The van der Waals surface area contributed by atoms with Gasteiger partial charge >= 0.3 is 0 Å². The lowest BCUT2D eigenvalue weighted by atomic mass is 10.2. The molecular formula is C21H24ClNO5. The smallest absolute Gasteiger partial charge is 0.244 e. The first-order valence-electron chi connectivity index (χ1n) is 8.80. The van der Waals surface area contributed by atoms with E-state index in [-0.39, 0.29) is 5.91 Å². The van der Waals surface area contributed by atoms with Gasteiger partial charge in [-0.3, -0.25) is 4.79 Å². The van der Waals surface area contributed by atoms with E-state index in [0.29, 0.717) is 42.0 Å². The van der Waals surface area contributed by atoms with Crippen molar-refractivity contribution < 1.29 is 23.7 Å². The highest BCUT2D eigenvalue weighted by Crippen LogP contribution is 2.36. The van der Waals surface area contributed by atoms with Crippen LogP contribution in [0.3, 0.4) is 0 Å². The molecule has 1 amide bonds. The van der Waals surface area contributed by atoms with Gasteiger partial charge in [0, 0.05) is 6.08 Å². The quantitative estimate of drug-likeness (QED) is 0.478. The van der Waals surface area contributed by atoms with Crippen LogP contribution in [0.5, 0.6) is 23.0 Å². The third kappa shape index (κ3) is 6.39. The second-order valence-corrected chi connectivity index (χ2v) is 6.02. The molecule has 1 N–H and O–H groups in total. The van der Waals surface area contributed by atoms with Gasteiger partial charge in [0.2, 0.25) is 5.91 Å². The monoisotopic (exact) mass is 405 g/mol. The summed E-state index contributed by atoms with van der Waals surface area (Å²) < 4.78 is 21.4. The Morgan fingerprint density at radius 3 is 2.43 bits per heavy atom. The van der Waals surface area contributed by atoms with Gasteiger partial charge in [0.15, 0.2) is 11.5 Å². The topological polar surface area (TPSA) is 66.0 Å². The molecule has 150 valence electrons. The fourth-order valence-corrected chi connectivity index (χ4v) is 2.64. The van der Waals surface area contributed by atoms with Gasteiger partial charge in [-0.05, 0) is 55.0 Å². The fourth-order valence-electron chi connectivity index (χ4n) is 2.37. The van der Waals surface area contributed by atoms with Crippen LogP contribution in [0.15, 0.2) is 42.5 Å². The highest BCUT2D eigenvalue weighted by molar-refractivity contribution is 6.32. The molecule has 0 saturated carbocycles. The number of amides is 1. The Balaban J connectivity index is 1.83. The van der Waals surface area contributed by atoms with Gasteiger partial charge in [0.25, 0.3) is 0 Å². The second-order valence-electron chi connectivity index (χ2n) is 5.62. The van der Waals surface area contributed by atoms with Gasteiger partial charge in [0.1, 0.15) is 18.1 Å². The summed E-state index contributed by atoms with van der Waals surface area (Å²) in [6.07, 6.45) is 3.09. The van der Waals surface area contributed by atoms with Crippen molar-refractivity contribution in [1.29, 1.82) is 0 Å². The SMILES string of the molecule is CCOc1c(Cl)cc(/C=C/C(=O)NCCOc2ccc(OC)cc2)cc1OC. The number of methoxy groups -OCH3 is 2. The second kappa shape index (κ2) is 11.1. The van der Waals surface area contributed by atoms with Crippen molar-refractivity contribution in [2.45, 2.75) is 6.92 Å². The molecule has 0 unspecified atom stereocenters. The molecule has 0 aliphatic heterocycles. The van der Waals surface area contributed by atoms with E-state index in [1.165, 1.54) is 13.2 Å². The van der Waals surface area contributed by atoms with Crippen LogP contribution in [0.1, 0.15) is 12.5 Å². The predicted octanol–water partition coefficient (Wildman–Crippen LogP) is 3.96. The van der Waals surface area contributed by atoms with E-state index in [2.05, 4.69) is 5.32 Å². The van der Waals surface area contributed by atoms with Gasteiger partial charge in [-0.2, -0.15) is 0 Å². The van der Waals surface area contributed by atoms with Gasteiger partial charge in [0.05, 0.1) is 32.4 Å². The number of nitrogens with one attached hydrogen (secondary N) is 1. The number of ether oxygens (including phenoxy) is 4. The molecule has 0 spiro atoms. The van der Waals surface area contributed by atoms with Crippen molar-refractivity contribution in [2.75, 3.05) is 34.0 Å². The summed E-state index contributed by atoms with van der Waals surface area (Å²) in [5.41, 5.74) is 0.731. The maximum absolute atomic E-state index is 12.0. The maximum atomic E-state index is 12.0. The van der Waals surface area contributed by atoms with Crippen molar-refractivity contribution in [3.8, 4) is 23.0 Å². The number of carbonyl (C=O) groups is 1. The van der Waals surface area contributed by atoms with Crippen LogP contribution in [-0.4, -0.2) is 39.9 Å². The predicted molar refractivity (Wildman–Crippen MR) is 110 cm³/mol. The van der Waals surface area contributed by atoms with Gasteiger partial charge in [-0.15, -0.1) is 0 Å². The van der Waals surface area contributed by atoms with E-state index in [9.17, 15) is 4.79 Å². The molecular weight excluding hydrogens is 382 g/mol. The zero-order chi connectivity index (χ0) is 20.4. The third-order valence-electron chi connectivity index (χ3n) is 3.70. The minimum absolute atomic E-state index is 0.234. The van der Waals surface area contributed by atoms with Crippen LogP contribution in [0, 0.1) is 0 Å². The van der Waals surface area contributed by atoms with E-state index in [1.807, 2.05) is 31.2 Å². The van der Waals surface area contributed by atoms with Gasteiger partial charge < -0.3 is 24.3 Å². The number of halogens is 1. The molecule has 2 aromatic rings. The summed E-state index contributed by atoms with van der Waals surface area (Å²) in [6, 6.07) is 10.7. The molecule has 0 heterocycles. The standard InChI is InChI=1S/C21H24ClNO5/c1-4-27-21-18(22)13-15(14-19(21)26-3)5-10-20(24)23-11-12-28-17-8-6-16(25-2)7-9-17/h5-10,13-14H,4,11-12H2,1-3H3,(H,23,24)/b10-5+. The summed E-state index contributed by atoms with van der Waals surface area (Å²) in [7, 11) is 3.15. The van der Waals surface area contributed by atoms with Gasteiger partial charge in [-0.25, -0.2) is 0 Å². The normalized spacial score (nSPS) is 10.6. The van der Waals surface area contributed by atoms with E-state index in [0.717, 1.165) is 11.3 Å². The summed E-state index contributed by atoms with van der Waals surface area (Å²) in [4.78, 5) is 12.0. The Labute approximate surface area is 170 Å². The zero-order valence-corrected chi connectivity index (χ0v) is 16.9. The average Bonchev–Trinajstić information content (AvgIpc) is 2.71. The summed E-state index contributed by atoms with van der Waals surface area (Å²) in [5.74, 6) is 2.24. The molecule has 0 bridgehead atoms. The Morgan fingerprint density at radius 1 is 1.07 bits per heavy atom. The van der Waals surface area contributed by atoms with Crippen molar-refractivity contribution in [3.05, 3.63) is 53.1 Å². The maximum Gasteiger partial charge on any atom is 0.244 e. The van der Waals surface area contributed by atoms with Crippen LogP contribution >= 0.6 is 11.6 Å². The average molecular weight is 406 g/mol. The highest BCUT2D eigenvalue weighted by Gasteiger charge is 2.10. The van der Waals surface area contributed by atoms with E-state index in [1.54, 1.807) is 25.3 Å².